The number of hydrogen-bond donors (Lipinski definition) is 1. The molecule has 0 aromatic heterocycles. The number of nitrogens with zero attached hydrogens (tertiary/aromatic N) is 1. The van der Waals surface area contributed by atoms with Gasteiger partial charge in [-0.3, -0.25) is 5.41 Å². The summed E-state index contributed by atoms with van der Waals surface area (Å²) < 4.78 is 5.12. The van der Waals surface area contributed by atoms with Crippen LogP contribution in [0.15, 0.2) is 0 Å². The predicted octanol–water partition coefficient (Wildman–Crippen LogP) is 1.59. The first kappa shape index (κ1) is 10.5. The van der Waals surface area contributed by atoms with Gasteiger partial charge >= 0.3 is 0 Å². The van der Waals surface area contributed by atoms with Gasteiger partial charge in [0.25, 0.3) is 0 Å². The van der Waals surface area contributed by atoms with Crippen molar-refractivity contribution < 1.29 is 4.74 Å². The van der Waals surface area contributed by atoms with Crippen molar-refractivity contribution in [3.8, 4) is 0 Å². The lowest BCUT2D eigenvalue weighted by Gasteiger charge is -2.21. The van der Waals surface area contributed by atoms with Gasteiger partial charge in [0, 0.05) is 32.0 Å². The lowest BCUT2D eigenvalue weighted by molar-refractivity contribution is 0.157. The van der Waals surface area contributed by atoms with E-state index in [0.29, 0.717) is 11.8 Å². The quantitative estimate of drug-likeness (QED) is 0.534. The largest absolute Gasteiger partial charge is 0.384 e. The fourth-order valence-corrected chi connectivity index (χ4v) is 1.79. The zero-order chi connectivity index (χ0) is 9.84. The molecular formula is C10H20N2O. The minimum Gasteiger partial charge on any atom is -0.384 e. The van der Waals surface area contributed by atoms with Crippen LogP contribution in [0.3, 0.4) is 0 Å². The molecule has 1 fully saturated rings. The highest BCUT2D eigenvalue weighted by molar-refractivity contribution is 5.81. The summed E-state index contributed by atoms with van der Waals surface area (Å²) in [6.45, 7) is 7.02. The fraction of sp³-hybridized carbons (Fsp3) is 0.900. The monoisotopic (exact) mass is 184 g/mol. The van der Waals surface area contributed by atoms with Gasteiger partial charge in [0.1, 0.15) is 0 Å². The number of likely N-dealkylation sites (tertiary alicyclic amines) is 1. The van der Waals surface area contributed by atoms with Gasteiger partial charge in [0.05, 0.1) is 12.4 Å². The van der Waals surface area contributed by atoms with E-state index in [4.69, 9.17) is 10.1 Å². The Bertz CT molecular complexity index is 180. The van der Waals surface area contributed by atoms with Crippen LogP contribution < -0.4 is 0 Å². The maximum absolute atomic E-state index is 7.85. The number of nitrogens with one attached hydrogen (secondary N) is 1. The van der Waals surface area contributed by atoms with Gasteiger partial charge in [-0.15, -0.1) is 0 Å². The second kappa shape index (κ2) is 4.61. The van der Waals surface area contributed by atoms with E-state index in [1.54, 1.807) is 7.11 Å². The number of rotatable bonds is 3. The van der Waals surface area contributed by atoms with Crippen LogP contribution in [-0.4, -0.2) is 37.5 Å². The van der Waals surface area contributed by atoms with Crippen LogP contribution in [0.5, 0.6) is 0 Å². The van der Waals surface area contributed by atoms with Crippen LogP contribution in [0, 0.1) is 17.2 Å². The molecule has 3 nitrogen and oxygen atoms in total. The molecule has 0 aromatic rings. The van der Waals surface area contributed by atoms with Gasteiger partial charge in [-0.1, -0.05) is 13.8 Å². The van der Waals surface area contributed by atoms with Gasteiger partial charge in [0.15, 0.2) is 0 Å². The molecule has 13 heavy (non-hydrogen) atoms. The maximum atomic E-state index is 7.85. The van der Waals surface area contributed by atoms with Gasteiger partial charge in [0.2, 0.25) is 0 Å². The van der Waals surface area contributed by atoms with Gasteiger partial charge < -0.3 is 9.64 Å². The summed E-state index contributed by atoms with van der Waals surface area (Å²) in [7, 11) is 1.75. The predicted molar refractivity (Wildman–Crippen MR) is 54.1 cm³/mol. The van der Waals surface area contributed by atoms with E-state index in [1.807, 2.05) is 0 Å². The first-order chi connectivity index (χ1) is 6.15. The average molecular weight is 184 g/mol. The summed E-state index contributed by atoms with van der Waals surface area (Å²) in [4.78, 5) is 2.17. The van der Waals surface area contributed by atoms with Crippen LogP contribution >= 0.6 is 0 Å². The molecule has 76 valence electrons. The third-order valence-electron chi connectivity index (χ3n) is 2.58. The lowest BCUT2D eigenvalue weighted by Crippen LogP contribution is -2.32. The third-order valence-corrected chi connectivity index (χ3v) is 2.58. The number of hydrogen-bond acceptors (Lipinski definition) is 2. The standard InChI is InChI=1S/C10H20N2O/c1-8(2)10(11)12-5-4-9(6-12)7-13-3/h8-9,11H,4-7H2,1-3H3. The number of ether oxygens (including phenoxy) is 1. The van der Waals surface area contributed by atoms with Crippen molar-refractivity contribution in [2.75, 3.05) is 26.8 Å². The van der Waals surface area contributed by atoms with Crippen LogP contribution in [0.1, 0.15) is 20.3 Å². The molecule has 0 amide bonds. The van der Waals surface area contributed by atoms with E-state index in [-0.39, 0.29) is 0 Å². The Morgan fingerprint density at radius 3 is 2.85 bits per heavy atom. The molecule has 1 aliphatic rings. The molecule has 0 spiro atoms. The normalized spacial score (nSPS) is 22.8. The Hall–Kier alpha value is -0.570. The van der Waals surface area contributed by atoms with Crippen LogP contribution in [-0.2, 0) is 4.74 Å². The average Bonchev–Trinajstić information content (AvgIpc) is 2.52. The van der Waals surface area contributed by atoms with Gasteiger partial charge in [-0.05, 0) is 6.42 Å². The zero-order valence-corrected chi connectivity index (χ0v) is 8.84. The molecule has 1 aliphatic heterocycles. The first-order valence-corrected chi connectivity index (χ1v) is 4.97. The summed E-state index contributed by atoms with van der Waals surface area (Å²) in [5.41, 5.74) is 0. The SMILES string of the molecule is COCC1CCN(C(=N)C(C)C)C1. The van der Waals surface area contributed by atoms with Crippen molar-refractivity contribution in [2.45, 2.75) is 20.3 Å². The van der Waals surface area contributed by atoms with Crippen molar-refractivity contribution in [1.29, 1.82) is 5.41 Å². The summed E-state index contributed by atoms with van der Waals surface area (Å²) in [5, 5.41) is 7.85. The summed E-state index contributed by atoms with van der Waals surface area (Å²) in [6.07, 6.45) is 1.17. The molecule has 1 N–H and O–H groups in total. The van der Waals surface area contributed by atoms with E-state index in [2.05, 4.69) is 18.7 Å². The van der Waals surface area contributed by atoms with E-state index < -0.39 is 0 Å². The second-order valence-electron chi connectivity index (χ2n) is 4.10. The van der Waals surface area contributed by atoms with E-state index in [0.717, 1.165) is 25.5 Å². The highest BCUT2D eigenvalue weighted by atomic mass is 16.5. The molecule has 1 saturated heterocycles. The molecule has 1 rings (SSSR count). The molecule has 0 bridgehead atoms. The topological polar surface area (TPSA) is 36.3 Å². The minimum absolute atomic E-state index is 0.348. The Balaban J connectivity index is 2.36. The summed E-state index contributed by atoms with van der Waals surface area (Å²) in [6, 6.07) is 0. The van der Waals surface area contributed by atoms with Crippen LogP contribution in [0.4, 0.5) is 0 Å². The maximum Gasteiger partial charge on any atom is 0.0983 e. The molecule has 0 aromatic carbocycles. The Morgan fingerprint density at radius 2 is 2.31 bits per heavy atom. The zero-order valence-electron chi connectivity index (χ0n) is 8.84. The first-order valence-electron chi connectivity index (χ1n) is 4.97. The Kier molecular flexibility index (Phi) is 3.72. The van der Waals surface area contributed by atoms with Crippen molar-refractivity contribution in [1.82, 2.24) is 4.90 Å². The molecule has 3 heteroatoms. The Morgan fingerprint density at radius 1 is 1.62 bits per heavy atom. The Labute approximate surface area is 80.6 Å². The number of methoxy groups -OCH3 is 1. The molecule has 0 saturated carbocycles. The van der Waals surface area contributed by atoms with E-state index in [9.17, 15) is 0 Å². The van der Waals surface area contributed by atoms with Gasteiger partial charge in [-0.25, -0.2) is 0 Å². The second-order valence-corrected chi connectivity index (χ2v) is 4.10. The van der Waals surface area contributed by atoms with E-state index >= 15 is 0 Å². The molecule has 1 atom stereocenters. The van der Waals surface area contributed by atoms with Crippen molar-refractivity contribution >= 4 is 5.84 Å². The number of amidine groups is 1. The van der Waals surface area contributed by atoms with E-state index in [1.165, 1.54) is 6.42 Å². The third kappa shape index (κ3) is 2.69. The minimum atomic E-state index is 0.348. The van der Waals surface area contributed by atoms with Crippen LogP contribution in [0.25, 0.3) is 0 Å². The molecule has 0 aliphatic carbocycles. The smallest absolute Gasteiger partial charge is 0.0983 e. The van der Waals surface area contributed by atoms with Crippen LogP contribution in [0.2, 0.25) is 0 Å². The molecule has 1 heterocycles. The highest BCUT2D eigenvalue weighted by Crippen LogP contribution is 2.18. The van der Waals surface area contributed by atoms with Crippen molar-refractivity contribution in [3.05, 3.63) is 0 Å². The van der Waals surface area contributed by atoms with Gasteiger partial charge in [-0.2, -0.15) is 0 Å². The lowest BCUT2D eigenvalue weighted by atomic mass is 10.1. The van der Waals surface area contributed by atoms with Crippen molar-refractivity contribution in [2.24, 2.45) is 11.8 Å². The molecule has 0 radical (unpaired) electrons. The summed E-state index contributed by atoms with van der Waals surface area (Å²) in [5.74, 6) is 1.75. The highest BCUT2D eigenvalue weighted by Gasteiger charge is 2.24. The van der Waals surface area contributed by atoms with Crippen molar-refractivity contribution in [3.63, 3.8) is 0 Å². The molecule has 1 unspecified atom stereocenters. The molecular weight excluding hydrogens is 164 g/mol. The fourth-order valence-electron chi connectivity index (χ4n) is 1.79. The summed E-state index contributed by atoms with van der Waals surface area (Å²) >= 11 is 0.